The number of halogens is 1. The van der Waals surface area contributed by atoms with Crippen LogP contribution in [0.3, 0.4) is 0 Å². The second-order valence-corrected chi connectivity index (χ2v) is 7.19. The molecule has 0 spiro atoms. The van der Waals surface area contributed by atoms with Gasteiger partial charge in [0, 0.05) is 42.8 Å². The number of fused-ring (bicyclic) bond motifs is 1. The third kappa shape index (κ3) is 3.92. The van der Waals surface area contributed by atoms with Crippen LogP contribution in [0.15, 0.2) is 18.2 Å². The zero-order valence-electron chi connectivity index (χ0n) is 15.0. The maximum absolute atomic E-state index is 13.0. The minimum absolute atomic E-state index is 0. The van der Waals surface area contributed by atoms with Crippen molar-refractivity contribution in [1.82, 2.24) is 4.90 Å². The van der Waals surface area contributed by atoms with Crippen molar-refractivity contribution in [1.29, 1.82) is 0 Å². The molecule has 0 aromatic heterocycles. The Morgan fingerprint density at radius 2 is 1.84 bits per heavy atom. The summed E-state index contributed by atoms with van der Waals surface area (Å²) in [6.45, 7) is 5.99. The summed E-state index contributed by atoms with van der Waals surface area (Å²) in [6.07, 6.45) is 3.40. The van der Waals surface area contributed by atoms with Gasteiger partial charge in [-0.25, -0.2) is 0 Å². The minimum atomic E-state index is 0. The first-order chi connectivity index (χ1) is 11.5. The van der Waals surface area contributed by atoms with Gasteiger partial charge in [-0.05, 0) is 43.4 Å². The summed E-state index contributed by atoms with van der Waals surface area (Å²) < 4.78 is 0. The van der Waals surface area contributed by atoms with E-state index in [2.05, 4.69) is 0 Å². The standard InChI is InChI=1S/C19H27N3O2.ClH/c1-13(2)18(23)21-11-8-14(9-12-21)19(24)22-10-4-5-15-16(20)6-3-7-17(15)22;/h3,6-7,13-14H,4-5,8-12,20H2,1-2H3;1H. The number of nitrogen functional groups attached to an aromatic ring is 1. The SMILES string of the molecule is CC(C)C(=O)N1CCC(C(=O)N2CCCc3c(N)cccc32)CC1.Cl. The van der Waals surface area contributed by atoms with Crippen LogP contribution in [0, 0.1) is 11.8 Å². The van der Waals surface area contributed by atoms with E-state index in [0.717, 1.165) is 49.2 Å². The van der Waals surface area contributed by atoms with E-state index in [-0.39, 0.29) is 36.1 Å². The molecule has 0 saturated carbocycles. The molecule has 2 aliphatic heterocycles. The average Bonchev–Trinajstić information content (AvgIpc) is 2.60. The van der Waals surface area contributed by atoms with Crippen molar-refractivity contribution in [3.05, 3.63) is 23.8 Å². The fourth-order valence-electron chi connectivity index (χ4n) is 3.81. The van der Waals surface area contributed by atoms with Gasteiger partial charge < -0.3 is 15.5 Å². The monoisotopic (exact) mass is 365 g/mol. The molecule has 1 fully saturated rings. The van der Waals surface area contributed by atoms with Crippen LogP contribution in [0.25, 0.3) is 0 Å². The molecule has 0 aliphatic carbocycles. The Labute approximate surface area is 155 Å². The molecule has 2 N–H and O–H groups in total. The number of nitrogens with zero attached hydrogens (tertiary/aromatic N) is 2. The van der Waals surface area contributed by atoms with Crippen LogP contribution in [0.2, 0.25) is 0 Å². The summed E-state index contributed by atoms with van der Waals surface area (Å²) >= 11 is 0. The fraction of sp³-hybridized carbons (Fsp3) is 0.579. The Kier molecular flexibility index (Phi) is 6.33. The van der Waals surface area contributed by atoms with Gasteiger partial charge in [0.05, 0.1) is 0 Å². The summed E-state index contributed by atoms with van der Waals surface area (Å²) in [5.41, 5.74) is 8.94. The predicted octanol–water partition coefficient (Wildman–Crippen LogP) is 2.86. The molecule has 1 aromatic carbocycles. The number of rotatable bonds is 2. The normalized spacial score (nSPS) is 17.9. The highest BCUT2D eigenvalue weighted by molar-refractivity contribution is 5.97. The second-order valence-electron chi connectivity index (χ2n) is 7.19. The van der Waals surface area contributed by atoms with Crippen molar-refractivity contribution in [3.63, 3.8) is 0 Å². The van der Waals surface area contributed by atoms with Crippen LogP contribution in [-0.2, 0) is 16.0 Å². The van der Waals surface area contributed by atoms with Crippen LogP contribution < -0.4 is 10.6 Å². The highest BCUT2D eigenvalue weighted by Gasteiger charge is 2.33. The average molecular weight is 366 g/mol. The number of piperidine rings is 1. The number of anilines is 2. The lowest BCUT2D eigenvalue weighted by Crippen LogP contribution is -2.46. The number of hydrogen-bond donors (Lipinski definition) is 1. The molecule has 2 aliphatic rings. The van der Waals surface area contributed by atoms with E-state index in [1.165, 1.54) is 0 Å². The highest BCUT2D eigenvalue weighted by Crippen LogP contribution is 2.33. The van der Waals surface area contributed by atoms with Crippen LogP contribution in [0.1, 0.15) is 38.7 Å². The van der Waals surface area contributed by atoms with Gasteiger partial charge in [-0.2, -0.15) is 0 Å². The molecule has 0 unspecified atom stereocenters. The Hall–Kier alpha value is -1.75. The summed E-state index contributed by atoms with van der Waals surface area (Å²) in [6, 6.07) is 5.83. The molecular weight excluding hydrogens is 338 g/mol. The van der Waals surface area contributed by atoms with Gasteiger partial charge in [-0.1, -0.05) is 19.9 Å². The van der Waals surface area contributed by atoms with Gasteiger partial charge in [0.1, 0.15) is 0 Å². The van der Waals surface area contributed by atoms with Crippen LogP contribution >= 0.6 is 12.4 Å². The predicted molar refractivity (Wildman–Crippen MR) is 103 cm³/mol. The molecule has 2 heterocycles. The molecular formula is C19H28ClN3O2. The fourth-order valence-corrected chi connectivity index (χ4v) is 3.81. The first kappa shape index (κ1) is 19.6. The number of benzene rings is 1. The van der Waals surface area contributed by atoms with Crippen molar-refractivity contribution in [2.45, 2.75) is 39.5 Å². The van der Waals surface area contributed by atoms with Crippen LogP contribution in [-0.4, -0.2) is 36.3 Å². The number of nitrogens with two attached hydrogens (primary N) is 1. The summed E-state index contributed by atoms with van der Waals surface area (Å²) in [5, 5.41) is 0. The molecule has 1 saturated heterocycles. The molecule has 25 heavy (non-hydrogen) atoms. The smallest absolute Gasteiger partial charge is 0.230 e. The zero-order chi connectivity index (χ0) is 17.3. The molecule has 0 bridgehead atoms. The van der Waals surface area contributed by atoms with Crippen molar-refractivity contribution in [3.8, 4) is 0 Å². The molecule has 0 radical (unpaired) electrons. The van der Waals surface area contributed by atoms with E-state index in [9.17, 15) is 9.59 Å². The number of hydrogen-bond acceptors (Lipinski definition) is 3. The molecule has 5 nitrogen and oxygen atoms in total. The lowest BCUT2D eigenvalue weighted by molar-refractivity contribution is -0.137. The van der Waals surface area contributed by atoms with Crippen molar-refractivity contribution >= 4 is 35.6 Å². The van der Waals surface area contributed by atoms with E-state index in [4.69, 9.17) is 5.73 Å². The van der Waals surface area contributed by atoms with Crippen molar-refractivity contribution in [2.75, 3.05) is 30.3 Å². The second kappa shape index (κ2) is 8.09. The molecule has 3 rings (SSSR count). The molecule has 138 valence electrons. The minimum Gasteiger partial charge on any atom is -0.398 e. The quantitative estimate of drug-likeness (QED) is 0.819. The van der Waals surface area contributed by atoms with E-state index < -0.39 is 0 Å². The van der Waals surface area contributed by atoms with E-state index in [1.807, 2.05) is 41.8 Å². The lowest BCUT2D eigenvalue weighted by atomic mass is 9.92. The largest absolute Gasteiger partial charge is 0.398 e. The Bertz CT molecular complexity index is 640. The van der Waals surface area contributed by atoms with Crippen molar-refractivity contribution < 1.29 is 9.59 Å². The maximum Gasteiger partial charge on any atom is 0.230 e. The molecule has 0 atom stereocenters. The van der Waals surface area contributed by atoms with E-state index >= 15 is 0 Å². The summed E-state index contributed by atoms with van der Waals surface area (Å²) in [5.74, 6) is 0.415. The topological polar surface area (TPSA) is 66.6 Å². The maximum atomic E-state index is 13.0. The molecule has 1 aromatic rings. The van der Waals surface area contributed by atoms with E-state index in [0.29, 0.717) is 13.1 Å². The Morgan fingerprint density at radius 3 is 2.48 bits per heavy atom. The van der Waals surface area contributed by atoms with Gasteiger partial charge in [0.25, 0.3) is 0 Å². The van der Waals surface area contributed by atoms with Gasteiger partial charge in [-0.3, -0.25) is 9.59 Å². The van der Waals surface area contributed by atoms with Crippen molar-refractivity contribution in [2.24, 2.45) is 11.8 Å². The van der Waals surface area contributed by atoms with E-state index in [1.54, 1.807) is 0 Å². The first-order valence-corrected chi connectivity index (χ1v) is 8.96. The Balaban J connectivity index is 0.00000225. The van der Waals surface area contributed by atoms with Gasteiger partial charge in [0.2, 0.25) is 11.8 Å². The van der Waals surface area contributed by atoms with Crippen LogP contribution in [0.4, 0.5) is 11.4 Å². The van der Waals surface area contributed by atoms with Crippen LogP contribution in [0.5, 0.6) is 0 Å². The lowest BCUT2D eigenvalue weighted by Gasteiger charge is -2.37. The van der Waals surface area contributed by atoms with Gasteiger partial charge >= 0.3 is 0 Å². The summed E-state index contributed by atoms with van der Waals surface area (Å²) in [4.78, 5) is 28.9. The molecule has 2 amide bonds. The number of amides is 2. The number of carbonyl (C=O) groups excluding carboxylic acids is 2. The third-order valence-corrected chi connectivity index (χ3v) is 5.20. The zero-order valence-corrected chi connectivity index (χ0v) is 15.8. The first-order valence-electron chi connectivity index (χ1n) is 8.96. The van der Waals surface area contributed by atoms with Gasteiger partial charge in [0.15, 0.2) is 0 Å². The molecule has 6 heteroatoms. The Morgan fingerprint density at radius 1 is 1.16 bits per heavy atom. The number of carbonyl (C=O) groups is 2. The third-order valence-electron chi connectivity index (χ3n) is 5.20. The number of likely N-dealkylation sites (tertiary alicyclic amines) is 1. The highest BCUT2D eigenvalue weighted by atomic mass is 35.5. The summed E-state index contributed by atoms with van der Waals surface area (Å²) in [7, 11) is 0. The van der Waals surface area contributed by atoms with Gasteiger partial charge in [-0.15, -0.1) is 12.4 Å².